The van der Waals surface area contributed by atoms with Crippen LogP contribution in [0.25, 0.3) is 6.08 Å². The summed E-state index contributed by atoms with van der Waals surface area (Å²) in [5.41, 5.74) is 1.72. The molecule has 1 heterocycles. The van der Waals surface area contributed by atoms with E-state index < -0.39 is 4.92 Å². The summed E-state index contributed by atoms with van der Waals surface area (Å²) in [5, 5.41) is 11.2. The fraction of sp³-hybridized carbons (Fsp3) is 0.348. The maximum Gasteiger partial charge on any atom is 0.269 e. The normalized spacial score (nSPS) is 14.0. The van der Waals surface area contributed by atoms with Gasteiger partial charge in [-0.3, -0.25) is 14.9 Å². The van der Waals surface area contributed by atoms with Gasteiger partial charge in [0.2, 0.25) is 5.91 Å². The smallest absolute Gasteiger partial charge is 0.269 e. The third kappa shape index (κ3) is 5.70. The molecule has 0 bridgehead atoms. The maximum absolute atomic E-state index is 12.6. The average Bonchev–Trinajstić information content (AvgIpc) is 2.81. The van der Waals surface area contributed by atoms with E-state index in [9.17, 15) is 14.9 Å². The maximum atomic E-state index is 12.6. The number of hydrogen-bond donors (Lipinski definition) is 0. The highest BCUT2D eigenvalue weighted by Gasteiger charge is 2.20. The van der Waals surface area contributed by atoms with E-state index in [4.69, 9.17) is 21.1 Å². The second-order valence-electron chi connectivity index (χ2n) is 7.30. The number of amides is 1. The van der Waals surface area contributed by atoms with Crippen molar-refractivity contribution in [3.63, 3.8) is 0 Å². The Bertz CT molecular complexity index is 986. The highest BCUT2D eigenvalue weighted by molar-refractivity contribution is 6.32. The summed E-state index contributed by atoms with van der Waals surface area (Å²) in [7, 11) is 1.55. The zero-order valence-electron chi connectivity index (χ0n) is 18.1. The lowest BCUT2D eigenvalue weighted by Gasteiger charge is -2.35. The minimum atomic E-state index is -0.415. The van der Waals surface area contributed by atoms with E-state index in [1.807, 2.05) is 6.92 Å². The van der Waals surface area contributed by atoms with Gasteiger partial charge in [0.25, 0.3) is 5.69 Å². The molecule has 9 heteroatoms. The van der Waals surface area contributed by atoms with Crippen LogP contribution in [-0.2, 0) is 4.79 Å². The van der Waals surface area contributed by atoms with Crippen molar-refractivity contribution in [2.45, 2.75) is 13.3 Å². The predicted octanol–water partition coefficient (Wildman–Crippen LogP) is 4.41. The van der Waals surface area contributed by atoms with Crippen molar-refractivity contribution in [2.75, 3.05) is 44.8 Å². The molecular weight excluding hydrogens is 434 g/mol. The Hall–Kier alpha value is -3.26. The third-order valence-corrected chi connectivity index (χ3v) is 5.42. The molecule has 32 heavy (non-hydrogen) atoms. The molecule has 1 aliphatic heterocycles. The number of carbonyl (C=O) groups is 1. The number of rotatable bonds is 8. The SMILES string of the molecule is CCCOc1c(Cl)cc(/C=C/C(=O)N2CCN(c3ccc([N+](=O)[O-])cc3)CC2)cc1OC. The van der Waals surface area contributed by atoms with Gasteiger partial charge in [-0.25, -0.2) is 0 Å². The van der Waals surface area contributed by atoms with Crippen LogP contribution in [0.1, 0.15) is 18.9 Å². The van der Waals surface area contributed by atoms with Crippen LogP contribution in [0.5, 0.6) is 11.5 Å². The number of nitro benzene ring substituents is 1. The van der Waals surface area contributed by atoms with E-state index in [-0.39, 0.29) is 11.6 Å². The first-order chi connectivity index (χ1) is 15.4. The summed E-state index contributed by atoms with van der Waals surface area (Å²) in [6.07, 6.45) is 4.09. The van der Waals surface area contributed by atoms with Crippen molar-refractivity contribution >= 4 is 35.0 Å². The lowest BCUT2D eigenvalue weighted by molar-refractivity contribution is -0.384. The molecule has 0 aromatic heterocycles. The number of non-ortho nitro benzene ring substituents is 1. The molecule has 3 rings (SSSR count). The summed E-state index contributed by atoms with van der Waals surface area (Å²) in [5.74, 6) is 0.936. The van der Waals surface area contributed by atoms with Crippen molar-refractivity contribution in [2.24, 2.45) is 0 Å². The van der Waals surface area contributed by atoms with Crippen molar-refractivity contribution < 1.29 is 19.2 Å². The van der Waals surface area contributed by atoms with E-state index in [0.717, 1.165) is 17.7 Å². The molecule has 0 spiro atoms. The molecule has 1 aliphatic rings. The summed E-state index contributed by atoms with van der Waals surface area (Å²) >= 11 is 6.34. The first-order valence-corrected chi connectivity index (χ1v) is 10.8. The van der Waals surface area contributed by atoms with Crippen LogP contribution in [0.4, 0.5) is 11.4 Å². The van der Waals surface area contributed by atoms with Crippen LogP contribution in [0.2, 0.25) is 5.02 Å². The zero-order chi connectivity index (χ0) is 23.1. The fourth-order valence-electron chi connectivity index (χ4n) is 3.42. The van der Waals surface area contributed by atoms with Crippen LogP contribution in [0.15, 0.2) is 42.5 Å². The minimum absolute atomic E-state index is 0.0643. The molecule has 170 valence electrons. The van der Waals surface area contributed by atoms with Gasteiger partial charge in [-0.1, -0.05) is 18.5 Å². The molecule has 0 radical (unpaired) electrons. The largest absolute Gasteiger partial charge is 0.493 e. The summed E-state index contributed by atoms with van der Waals surface area (Å²) < 4.78 is 11.0. The van der Waals surface area contributed by atoms with Crippen LogP contribution in [-0.4, -0.2) is 55.6 Å². The highest BCUT2D eigenvalue weighted by atomic mass is 35.5. The molecule has 0 saturated carbocycles. The second kappa shape index (κ2) is 10.9. The number of nitro groups is 1. The molecule has 2 aromatic rings. The Morgan fingerprint density at radius 1 is 1.19 bits per heavy atom. The van der Waals surface area contributed by atoms with Gasteiger partial charge < -0.3 is 19.3 Å². The van der Waals surface area contributed by atoms with E-state index in [0.29, 0.717) is 49.3 Å². The lowest BCUT2D eigenvalue weighted by Crippen LogP contribution is -2.48. The van der Waals surface area contributed by atoms with Crippen LogP contribution in [0.3, 0.4) is 0 Å². The Morgan fingerprint density at radius 3 is 2.47 bits per heavy atom. The van der Waals surface area contributed by atoms with Gasteiger partial charge in [0.1, 0.15) is 0 Å². The number of ether oxygens (including phenoxy) is 2. The Labute approximate surface area is 192 Å². The van der Waals surface area contributed by atoms with E-state index in [2.05, 4.69) is 4.90 Å². The van der Waals surface area contributed by atoms with Crippen LogP contribution >= 0.6 is 11.6 Å². The molecule has 1 saturated heterocycles. The summed E-state index contributed by atoms with van der Waals surface area (Å²) in [4.78, 5) is 26.9. The molecule has 0 N–H and O–H groups in total. The number of anilines is 1. The predicted molar refractivity (Wildman–Crippen MR) is 125 cm³/mol. The molecule has 2 aromatic carbocycles. The van der Waals surface area contributed by atoms with E-state index >= 15 is 0 Å². The van der Waals surface area contributed by atoms with Crippen LogP contribution in [0, 0.1) is 10.1 Å². The van der Waals surface area contributed by atoms with Crippen molar-refractivity contribution in [1.29, 1.82) is 0 Å². The third-order valence-electron chi connectivity index (χ3n) is 5.14. The number of carbonyl (C=O) groups excluding carboxylic acids is 1. The summed E-state index contributed by atoms with van der Waals surface area (Å²) in [6.45, 7) is 4.98. The Balaban J connectivity index is 1.59. The lowest BCUT2D eigenvalue weighted by atomic mass is 10.1. The summed E-state index contributed by atoms with van der Waals surface area (Å²) in [6, 6.07) is 9.99. The molecule has 1 fully saturated rings. The molecule has 0 atom stereocenters. The first kappa shape index (κ1) is 23.4. The van der Waals surface area contributed by atoms with E-state index in [1.54, 1.807) is 42.4 Å². The van der Waals surface area contributed by atoms with Crippen molar-refractivity contribution in [1.82, 2.24) is 4.90 Å². The number of methoxy groups -OCH3 is 1. The number of halogens is 1. The molecule has 1 amide bonds. The second-order valence-corrected chi connectivity index (χ2v) is 7.71. The molecule has 8 nitrogen and oxygen atoms in total. The van der Waals surface area contributed by atoms with Gasteiger partial charge >= 0.3 is 0 Å². The zero-order valence-corrected chi connectivity index (χ0v) is 18.9. The van der Waals surface area contributed by atoms with Crippen LogP contribution < -0.4 is 14.4 Å². The Morgan fingerprint density at radius 2 is 1.88 bits per heavy atom. The number of piperazine rings is 1. The molecule has 0 aliphatic carbocycles. The first-order valence-electron chi connectivity index (χ1n) is 10.4. The fourth-order valence-corrected chi connectivity index (χ4v) is 3.70. The van der Waals surface area contributed by atoms with Gasteiger partial charge in [-0.15, -0.1) is 0 Å². The number of hydrogen-bond acceptors (Lipinski definition) is 6. The van der Waals surface area contributed by atoms with Gasteiger partial charge in [0.05, 0.1) is 23.7 Å². The van der Waals surface area contributed by atoms with Gasteiger partial charge in [-0.05, 0) is 42.3 Å². The topological polar surface area (TPSA) is 85.2 Å². The number of benzene rings is 2. The highest BCUT2D eigenvalue weighted by Crippen LogP contribution is 2.37. The Kier molecular flexibility index (Phi) is 7.94. The van der Waals surface area contributed by atoms with Crippen molar-refractivity contribution in [3.8, 4) is 11.5 Å². The minimum Gasteiger partial charge on any atom is -0.493 e. The quantitative estimate of drug-likeness (QED) is 0.330. The molecular formula is C23H26ClN3O5. The standard InChI is InChI=1S/C23H26ClN3O5/c1-3-14-32-23-20(24)15-17(16-21(23)31-2)4-9-22(28)26-12-10-25(11-13-26)18-5-7-19(8-6-18)27(29)30/h4-9,15-16H,3,10-14H2,1-2H3/b9-4+. The average molecular weight is 460 g/mol. The van der Waals surface area contributed by atoms with Gasteiger partial charge in [0.15, 0.2) is 11.5 Å². The number of nitrogens with zero attached hydrogens (tertiary/aromatic N) is 3. The van der Waals surface area contributed by atoms with E-state index in [1.165, 1.54) is 18.2 Å². The van der Waals surface area contributed by atoms with Gasteiger partial charge in [-0.2, -0.15) is 0 Å². The molecule has 0 unspecified atom stereocenters. The van der Waals surface area contributed by atoms with Crippen molar-refractivity contribution in [3.05, 3.63) is 63.2 Å². The monoisotopic (exact) mass is 459 g/mol. The van der Waals surface area contributed by atoms with Gasteiger partial charge in [0, 0.05) is 50.1 Å².